The first kappa shape index (κ1) is 65.3. The predicted molar refractivity (Wildman–Crippen MR) is 300 cm³/mol. The molecule has 0 aromatic heterocycles. The molecule has 69 heavy (non-hydrogen) atoms. The van der Waals surface area contributed by atoms with Gasteiger partial charge < -0.3 is 20.3 Å². The lowest BCUT2D eigenvalue weighted by Gasteiger charge is -2.24. The number of ether oxygens (including phenoxy) is 1. The van der Waals surface area contributed by atoms with Crippen LogP contribution in [0.25, 0.3) is 0 Å². The number of hydrogen-bond acceptors (Lipinski definition) is 5. The molecule has 1 amide bonds. The Kier molecular flexibility index (Phi) is 52.2. The number of aliphatic hydroxyl groups is 2. The van der Waals surface area contributed by atoms with Crippen molar-refractivity contribution < 1.29 is 24.5 Å². The summed E-state index contributed by atoms with van der Waals surface area (Å²) in [7, 11) is 0. The topological polar surface area (TPSA) is 95.9 Å². The first-order valence-corrected chi connectivity index (χ1v) is 28.4. The smallest absolute Gasteiger partial charge is 0.306 e. The molecule has 0 aliphatic carbocycles. The molecule has 6 nitrogen and oxygen atoms in total. The largest absolute Gasteiger partial charge is 0.462 e. The van der Waals surface area contributed by atoms with E-state index in [2.05, 4.69) is 86.8 Å². The van der Waals surface area contributed by atoms with Gasteiger partial charge in [-0.3, -0.25) is 9.59 Å². The molecule has 0 radical (unpaired) electrons. The van der Waals surface area contributed by atoms with E-state index in [0.29, 0.717) is 19.3 Å². The van der Waals surface area contributed by atoms with Crippen LogP contribution in [0.4, 0.5) is 0 Å². The highest BCUT2D eigenvalue weighted by atomic mass is 16.5. The van der Waals surface area contributed by atoms with Crippen molar-refractivity contribution in [2.24, 2.45) is 0 Å². The zero-order chi connectivity index (χ0) is 50.2. The summed E-state index contributed by atoms with van der Waals surface area (Å²) in [4.78, 5) is 26.3. The van der Waals surface area contributed by atoms with Gasteiger partial charge in [0.15, 0.2) is 0 Å². The number of amides is 1. The van der Waals surface area contributed by atoms with Gasteiger partial charge in [0.25, 0.3) is 0 Å². The SMILES string of the molecule is CCC/C=C/C=C/C=C/C=C/C=C/CCCCCCCC(=O)OC(CCCCC/C=C/C=C/C=C/C=C/C=C/CCC)CC(=O)NC(CO)C(O)CCCCCCCCCCCCCCCCCC. The third-order valence-corrected chi connectivity index (χ3v) is 12.2. The lowest BCUT2D eigenvalue weighted by molar-refractivity contribution is -0.151. The van der Waals surface area contributed by atoms with Gasteiger partial charge in [-0.05, 0) is 64.2 Å². The first-order valence-electron chi connectivity index (χ1n) is 28.4. The molecular formula is C63H105NO5. The monoisotopic (exact) mass is 956 g/mol. The van der Waals surface area contributed by atoms with Crippen LogP contribution in [-0.4, -0.2) is 46.9 Å². The van der Waals surface area contributed by atoms with E-state index in [-0.39, 0.29) is 24.9 Å². The standard InChI is InChI=1S/C63H105NO5/c1-4-7-10-13-16-19-22-25-28-31-32-35-38-41-44-47-50-53-56-63(68)69-59(54-51-48-45-42-39-36-33-29-26-23-20-17-14-11-8-5-2)57-62(67)64-60(58-65)61(66)55-52-49-46-43-40-37-34-30-27-24-21-18-15-12-9-6-3/h10-11,13-14,16-17,19-20,22-23,25-26,28-29,31-33,35-36,39,59-61,65-66H,4-9,12,15,18,21,24,27,30,34,37-38,40-58H2,1-3H3,(H,64,67)/b13-10+,14-11+,19-16+,20-17+,25-22+,26-23+,31-28+,33-29+,35-32+,39-36+. The van der Waals surface area contributed by atoms with Crippen molar-refractivity contribution in [3.63, 3.8) is 0 Å². The van der Waals surface area contributed by atoms with E-state index >= 15 is 0 Å². The fourth-order valence-corrected chi connectivity index (χ4v) is 7.96. The number of aliphatic hydroxyl groups excluding tert-OH is 2. The summed E-state index contributed by atoms with van der Waals surface area (Å²) in [6, 6.07) is -0.731. The molecule has 3 unspecified atom stereocenters. The fraction of sp³-hybridized carbons (Fsp3) is 0.651. The molecule has 6 heteroatoms. The molecule has 0 rings (SSSR count). The molecule has 0 fully saturated rings. The molecule has 0 bridgehead atoms. The van der Waals surface area contributed by atoms with Gasteiger partial charge in [-0.2, -0.15) is 0 Å². The number of carbonyl (C=O) groups excluding carboxylic acids is 2. The van der Waals surface area contributed by atoms with Crippen LogP contribution in [0.2, 0.25) is 0 Å². The minimum absolute atomic E-state index is 0.0310. The summed E-state index contributed by atoms with van der Waals surface area (Å²) in [5.74, 6) is -0.552. The Morgan fingerprint density at radius 1 is 0.420 bits per heavy atom. The maximum absolute atomic E-state index is 13.3. The third-order valence-electron chi connectivity index (χ3n) is 12.2. The minimum atomic E-state index is -0.814. The van der Waals surface area contributed by atoms with E-state index in [1.165, 1.54) is 89.9 Å². The molecule has 0 aromatic carbocycles. The Balaban J connectivity index is 4.72. The summed E-state index contributed by atoms with van der Waals surface area (Å²) in [6.45, 7) is 6.30. The second kappa shape index (κ2) is 55.2. The summed E-state index contributed by atoms with van der Waals surface area (Å²) >= 11 is 0. The van der Waals surface area contributed by atoms with Crippen molar-refractivity contribution in [1.82, 2.24) is 5.32 Å². The second-order valence-electron chi connectivity index (χ2n) is 18.9. The summed E-state index contributed by atoms with van der Waals surface area (Å²) in [5.41, 5.74) is 0. The Labute approximate surface area is 425 Å². The van der Waals surface area contributed by atoms with E-state index in [4.69, 9.17) is 4.74 Å². The highest BCUT2D eigenvalue weighted by molar-refractivity contribution is 5.77. The van der Waals surface area contributed by atoms with Crippen molar-refractivity contribution in [3.05, 3.63) is 122 Å². The van der Waals surface area contributed by atoms with Crippen molar-refractivity contribution >= 4 is 11.9 Å². The van der Waals surface area contributed by atoms with E-state index in [9.17, 15) is 19.8 Å². The van der Waals surface area contributed by atoms with Crippen LogP contribution in [0.15, 0.2) is 122 Å². The average Bonchev–Trinajstić information content (AvgIpc) is 3.34. The van der Waals surface area contributed by atoms with E-state index in [0.717, 1.165) is 103 Å². The number of hydrogen-bond donors (Lipinski definition) is 3. The zero-order valence-corrected chi connectivity index (χ0v) is 44.6. The molecule has 0 saturated heterocycles. The molecule has 0 spiro atoms. The van der Waals surface area contributed by atoms with Crippen molar-refractivity contribution in [2.45, 2.75) is 257 Å². The van der Waals surface area contributed by atoms with E-state index in [1.807, 2.05) is 60.8 Å². The van der Waals surface area contributed by atoms with E-state index < -0.39 is 18.2 Å². The van der Waals surface area contributed by atoms with Gasteiger partial charge in [0.2, 0.25) is 5.91 Å². The van der Waals surface area contributed by atoms with Gasteiger partial charge in [0.1, 0.15) is 6.10 Å². The highest BCUT2D eigenvalue weighted by Gasteiger charge is 2.24. The van der Waals surface area contributed by atoms with Crippen molar-refractivity contribution in [1.29, 1.82) is 0 Å². The van der Waals surface area contributed by atoms with Gasteiger partial charge in [0, 0.05) is 6.42 Å². The van der Waals surface area contributed by atoms with Crippen LogP contribution >= 0.6 is 0 Å². The van der Waals surface area contributed by atoms with Crippen LogP contribution < -0.4 is 5.32 Å². The number of unbranched alkanes of at least 4 members (excludes halogenated alkanes) is 25. The average molecular weight is 957 g/mol. The van der Waals surface area contributed by atoms with Crippen LogP contribution in [-0.2, 0) is 14.3 Å². The Morgan fingerprint density at radius 2 is 0.768 bits per heavy atom. The molecular weight excluding hydrogens is 851 g/mol. The quantitative estimate of drug-likeness (QED) is 0.0321. The summed E-state index contributed by atoms with van der Waals surface area (Å²) in [6.07, 6.45) is 76.7. The van der Waals surface area contributed by atoms with Crippen molar-refractivity contribution in [2.75, 3.05) is 6.61 Å². The molecule has 0 heterocycles. The highest BCUT2D eigenvalue weighted by Crippen LogP contribution is 2.17. The molecule has 392 valence electrons. The Bertz CT molecular complexity index is 1440. The van der Waals surface area contributed by atoms with Crippen LogP contribution in [0, 0.1) is 0 Å². The molecule has 3 N–H and O–H groups in total. The normalized spacial score (nSPS) is 14.1. The fourth-order valence-electron chi connectivity index (χ4n) is 7.96. The minimum Gasteiger partial charge on any atom is -0.462 e. The van der Waals surface area contributed by atoms with Crippen molar-refractivity contribution in [3.8, 4) is 0 Å². The van der Waals surface area contributed by atoms with Gasteiger partial charge in [-0.25, -0.2) is 0 Å². The first-order chi connectivity index (χ1) is 34.0. The third kappa shape index (κ3) is 50.5. The van der Waals surface area contributed by atoms with Gasteiger partial charge in [-0.1, -0.05) is 284 Å². The maximum atomic E-state index is 13.3. The van der Waals surface area contributed by atoms with Crippen LogP contribution in [0.1, 0.15) is 239 Å². The zero-order valence-electron chi connectivity index (χ0n) is 44.6. The van der Waals surface area contributed by atoms with Gasteiger partial charge in [0.05, 0.1) is 25.2 Å². The van der Waals surface area contributed by atoms with Gasteiger partial charge in [-0.15, -0.1) is 0 Å². The maximum Gasteiger partial charge on any atom is 0.306 e. The lowest BCUT2D eigenvalue weighted by Crippen LogP contribution is -2.46. The number of nitrogens with one attached hydrogen (secondary N) is 1. The van der Waals surface area contributed by atoms with Gasteiger partial charge >= 0.3 is 5.97 Å². The molecule has 0 aliphatic heterocycles. The van der Waals surface area contributed by atoms with Crippen LogP contribution in [0.5, 0.6) is 0 Å². The second-order valence-corrected chi connectivity index (χ2v) is 18.9. The number of esters is 1. The molecule has 0 aromatic rings. The number of rotatable bonds is 49. The molecule has 0 saturated carbocycles. The predicted octanol–water partition coefficient (Wildman–Crippen LogP) is 17.6. The summed E-state index contributed by atoms with van der Waals surface area (Å²) in [5, 5.41) is 23.9. The Hall–Kier alpha value is -3.74. The Morgan fingerprint density at radius 3 is 1.19 bits per heavy atom. The number of allylic oxidation sites excluding steroid dienone is 20. The van der Waals surface area contributed by atoms with Crippen LogP contribution in [0.3, 0.4) is 0 Å². The lowest BCUT2D eigenvalue weighted by atomic mass is 10.0. The molecule has 3 atom stereocenters. The summed E-state index contributed by atoms with van der Waals surface area (Å²) < 4.78 is 5.93. The molecule has 0 aliphatic rings. The number of carbonyl (C=O) groups is 2. The van der Waals surface area contributed by atoms with E-state index in [1.54, 1.807) is 0 Å².